The van der Waals surface area contributed by atoms with Gasteiger partial charge >= 0.3 is 11.9 Å². The molecule has 0 radical (unpaired) electrons. The number of ether oxygens (including phenoxy) is 1. The first-order valence-electron chi connectivity index (χ1n) is 6.42. The van der Waals surface area contributed by atoms with Crippen molar-refractivity contribution in [3.8, 4) is 0 Å². The van der Waals surface area contributed by atoms with Crippen molar-refractivity contribution in [2.24, 2.45) is 0 Å². The molecule has 4 nitrogen and oxygen atoms in total. The molecule has 0 fully saturated rings. The molecule has 0 atom stereocenters. The van der Waals surface area contributed by atoms with Crippen molar-refractivity contribution in [3.63, 3.8) is 0 Å². The number of rotatable bonds is 5. The van der Waals surface area contributed by atoms with Gasteiger partial charge < -0.3 is 9.84 Å². The molecule has 0 saturated heterocycles. The van der Waals surface area contributed by atoms with Gasteiger partial charge in [0.15, 0.2) is 0 Å². The zero-order valence-corrected chi connectivity index (χ0v) is 12.1. The Kier molecular flexibility index (Phi) is 5.08. The lowest BCUT2D eigenvalue weighted by Crippen LogP contribution is -2.24. The van der Waals surface area contributed by atoms with Gasteiger partial charge in [0.2, 0.25) is 0 Å². The van der Waals surface area contributed by atoms with Crippen LogP contribution in [-0.4, -0.2) is 22.6 Å². The summed E-state index contributed by atoms with van der Waals surface area (Å²) in [5.41, 5.74) is 1.11. The molecule has 4 heteroatoms. The van der Waals surface area contributed by atoms with Gasteiger partial charge in [0.05, 0.1) is 5.57 Å². The summed E-state index contributed by atoms with van der Waals surface area (Å²) in [4.78, 5) is 22.4. The third kappa shape index (κ3) is 5.26. The summed E-state index contributed by atoms with van der Waals surface area (Å²) < 4.78 is 5.22. The van der Waals surface area contributed by atoms with Crippen molar-refractivity contribution in [2.45, 2.75) is 39.2 Å². The Balaban J connectivity index is 2.56. The minimum absolute atomic E-state index is 0.0590. The molecular weight excluding hydrogens is 256 g/mol. The molecule has 0 bridgehead atoms. The second-order valence-electron chi connectivity index (χ2n) is 5.57. The maximum atomic E-state index is 11.6. The largest absolute Gasteiger partial charge is 0.478 e. The summed E-state index contributed by atoms with van der Waals surface area (Å²) in [6.45, 7) is 8.99. The fourth-order valence-electron chi connectivity index (χ4n) is 1.64. The number of carbonyl (C=O) groups excluding carboxylic acids is 1. The average Bonchev–Trinajstić information content (AvgIpc) is 2.34. The lowest BCUT2D eigenvalue weighted by atomic mass is 10.0. The van der Waals surface area contributed by atoms with Crippen LogP contribution in [0.5, 0.6) is 0 Å². The summed E-state index contributed by atoms with van der Waals surface area (Å²) >= 11 is 0. The van der Waals surface area contributed by atoms with E-state index in [9.17, 15) is 9.59 Å². The van der Waals surface area contributed by atoms with Crippen molar-refractivity contribution in [1.29, 1.82) is 0 Å². The molecule has 1 N–H and O–H groups in total. The zero-order valence-electron chi connectivity index (χ0n) is 12.1. The quantitative estimate of drug-likeness (QED) is 0.663. The first-order valence-corrected chi connectivity index (χ1v) is 6.42. The summed E-state index contributed by atoms with van der Waals surface area (Å²) in [6, 6.07) is 6.99. The summed E-state index contributed by atoms with van der Waals surface area (Å²) in [5, 5.41) is 8.83. The van der Waals surface area contributed by atoms with E-state index in [1.54, 1.807) is 24.3 Å². The fraction of sp³-hybridized carbons (Fsp3) is 0.375. The maximum Gasteiger partial charge on any atom is 0.335 e. The van der Waals surface area contributed by atoms with Gasteiger partial charge in [0.25, 0.3) is 0 Å². The van der Waals surface area contributed by atoms with Crippen LogP contribution in [0, 0.1) is 0 Å². The lowest BCUT2D eigenvalue weighted by molar-refractivity contribution is -0.154. The molecule has 0 spiro atoms. The molecule has 1 aromatic carbocycles. The topological polar surface area (TPSA) is 63.6 Å². The van der Waals surface area contributed by atoms with E-state index in [2.05, 4.69) is 6.58 Å². The molecule has 0 aromatic heterocycles. The number of aryl methyl sites for hydroxylation is 1. The molecule has 20 heavy (non-hydrogen) atoms. The fourth-order valence-corrected chi connectivity index (χ4v) is 1.64. The Labute approximate surface area is 119 Å². The van der Waals surface area contributed by atoms with E-state index in [0.717, 1.165) is 5.56 Å². The molecular formula is C16H20O4. The smallest absolute Gasteiger partial charge is 0.335 e. The van der Waals surface area contributed by atoms with Crippen LogP contribution in [0.4, 0.5) is 0 Å². The first kappa shape index (κ1) is 16.0. The van der Waals surface area contributed by atoms with Gasteiger partial charge in [-0.3, -0.25) is 4.79 Å². The van der Waals surface area contributed by atoms with Crippen LogP contribution in [0.15, 0.2) is 30.8 Å². The monoisotopic (exact) mass is 276 g/mol. The van der Waals surface area contributed by atoms with Crippen molar-refractivity contribution in [3.05, 3.63) is 42.0 Å². The first-order chi connectivity index (χ1) is 9.19. The number of carboxylic acid groups (broad SMARTS) is 1. The highest BCUT2D eigenvalue weighted by Gasteiger charge is 2.16. The van der Waals surface area contributed by atoms with Gasteiger partial charge in [-0.15, -0.1) is 0 Å². The van der Waals surface area contributed by atoms with E-state index in [1.165, 1.54) is 0 Å². The molecule has 0 aliphatic rings. The molecule has 0 unspecified atom stereocenters. The normalized spacial score (nSPS) is 10.9. The van der Waals surface area contributed by atoms with Gasteiger partial charge in [0.1, 0.15) is 5.60 Å². The predicted octanol–water partition coefficient (Wildman–Crippen LogP) is 3.06. The highest BCUT2D eigenvalue weighted by atomic mass is 16.6. The van der Waals surface area contributed by atoms with Crippen molar-refractivity contribution in [2.75, 3.05) is 0 Å². The number of aliphatic carboxylic acids is 1. The lowest BCUT2D eigenvalue weighted by Gasteiger charge is -2.19. The summed E-state index contributed by atoms with van der Waals surface area (Å²) in [7, 11) is 0. The van der Waals surface area contributed by atoms with E-state index < -0.39 is 11.6 Å². The van der Waals surface area contributed by atoms with Gasteiger partial charge in [-0.2, -0.15) is 0 Å². The molecule has 0 saturated carbocycles. The van der Waals surface area contributed by atoms with Crippen molar-refractivity contribution in [1.82, 2.24) is 0 Å². The van der Waals surface area contributed by atoms with E-state index in [0.29, 0.717) is 18.4 Å². The number of benzene rings is 1. The average molecular weight is 276 g/mol. The van der Waals surface area contributed by atoms with Gasteiger partial charge in [-0.25, -0.2) is 4.79 Å². The number of hydrogen-bond acceptors (Lipinski definition) is 3. The van der Waals surface area contributed by atoms with Crippen LogP contribution in [0.2, 0.25) is 0 Å². The standard InChI is InChI=1S/C16H20O4/c1-11(15(18)19)13-8-5-12(6-9-13)7-10-14(17)20-16(2,3)4/h5-6,8-9H,1,7,10H2,2-4H3,(H,18,19). The Bertz CT molecular complexity index is 506. The van der Waals surface area contributed by atoms with Crippen molar-refractivity contribution >= 4 is 17.5 Å². The van der Waals surface area contributed by atoms with Gasteiger partial charge in [-0.1, -0.05) is 30.8 Å². The Hall–Kier alpha value is -2.10. The Morgan fingerprint density at radius 2 is 1.75 bits per heavy atom. The van der Waals surface area contributed by atoms with Gasteiger partial charge in [0, 0.05) is 6.42 Å². The van der Waals surface area contributed by atoms with Gasteiger partial charge in [-0.05, 0) is 38.3 Å². The second kappa shape index (κ2) is 6.37. The third-order valence-corrected chi connectivity index (χ3v) is 2.60. The van der Waals surface area contributed by atoms with Crippen LogP contribution in [-0.2, 0) is 20.7 Å². The molecule has 0 aliphatic carbocycles. The molecule has 108 valence electrons. The number of hydrogen-bond donors (Lipinski definition) is 1. The molecule has 0 heterocycles. The van der Waals surface area contributed by atoms with E-state index in [-0.39, 0.29) is 11.5 Å². The summed E-state index contributed by atoms with van der Waals surface area (Å²) in [6.07, 6.45) is 0.866. The maximum absolute atomic E-state index is 11.6. The van der Waals surface area contributed by atoms with E-state index in [1.807, 2.05) is 20.8 Å². The molecule has 0 amide bonds. The van der Waals surface area contributed by atoms with Crippen LogP contribution in [0.3, 0.4) is 0 Å². The number of carbonyl (C=O) groups is 2. The summed E-state index contributed by atoms with van der Waals surface area (Å²) in [5.74, 6) is -1.27. The molecule has 1 rings (SSSR count). The SMILES string of the molecule is C=C(C(=O)O)c1ccc(CCC(=O)OC(C)(C)C)cc1. The second-order valence-corrected chi connectivity index (χ2v) is 5.57. The van der Waals surface area contributed by atoms with Crippen molar-refractivity contribution < 1.29 is 19.4 Å². The molecule has 1 aromatic rings. The molecule has 0 aliphatic heterocycles. The predicted molar refractivity (Wildman–Crippen MR) is 77.3 cm³/mol. The minimum atomic E-state index is -1.04. The number of carboxylic acids is 1. The van der Waals surface area contributed by atoms with E-state index in [4.69, 9.17) is 9.84 Å². The van der Waals surface area contributed by atoms with Crippen LogP contribution in [0.1, 0.15) is 38.3 Å². The zero-order chi connectivity index (χ0) is 15.3. The van der Waals surface area contributed by atoms with Crippen LogP contribution >= 0.6 is 0 Å². The number of esters is 1. The van der Waals surface area contributed by atoms with Crippen LogP contribution < -0.4 is 0 Å². The minimum Gasteiger partial charge on any atom is -0.478 e. The highest BCUT2D eigenvalue weighted by molar-refractivity contribution is 6.14. The highest BCUT2D eigenvalue weighted by Crippen LogP contribution is 2.15. The third-order valence-electron chi connectivity index (χ3n) is 2.60. The Morgan fingerprint density at radius 1 is 1.20 bits per heavy atom. The Morgan fingerprint density at radius 3 is 2.20 bits per heavy atom. The van der Waals surface area contributed by atoms with E-state index >= 15 is 0 Å². The van der Waals surface area contributed by atoms with Crippen LogP contribution in [0.25, 0.3) is 5.57 Å².